The molecule has 1 heterocycles. The Hall–Kier alpha value is -3.95. The molecule has 12 nitrogen and oxygen atoms in total. The number of nitro benzene ring substituents is 1. The summed E-state index contributed by atoms with van der Waals surface area (Å²) in [7, 11) is -3.98. The van der Waals surface area contributed by atoms with E-state index in [0.717, 1.165) is 15.6 Å². The first-order chi connectivity index (χ1) is 18.2. The lowest BCUT2D eigenvalue weighted by atomic mass is 10.2. The number of rotatable bonds is 12. The highest BCUT2D eigenvalue weighted by molar-refractivity contribution is 7.89. The van der Waals surface area contributed by atoms with E-state index in [1.54, 1.807) is 10.6 Å². The Morgan fingerprint density at radius 1 is 1.16 bits per heavy atom. The number of benzene rings is 2. The van der Waals surface area contributed by atoms with Crippen LogP contribution in [0.5, 0.6) is 0 Å². The van der Waals surface area contributed by atoms with Crippen molar-refractivity contribution in [1.82, 2.24) is 8.87 Å². The van der Waals surface area contributed by atoms with E-state index in [-0.39, 0.29) is 42.1 Å². The van der Waals surface area contributed by atoms with E-state index >= 15 is 0 Å². The van der Waals surface area contributed by atoms with Gasteiger partial charge in [-0.1, -0.05) is 11.3 Å². The first-order valence-corrected chi connectivity index (χ1v) is 13.8. The third-order valence-electron chi connectivity index (χ3n) is 5.42. The second-order valence-electron chi connectivity index (χ2n) is 7.80. The SMILES string of the molecule is CCOCCn1c(=NC(=O)c2ccc(S(=O)(=O)N(CCC#N)CCC#N)cc2)sc2cc([N+](=O)[O-])ccc21. The molecule has 3 aromatic rings. The van der Waals surface area contributed by atoms with E-state index in [4.69, 9.17) is 15.3 Å². The maximum absolute atomic E-state index is 13.0. The van der Waals surface area contributed by atoms with E-state index < -0.39 is 20.9 Å². The summed E-state index contributed by atoms with van der Waals surface area (Å²) in [6.07, 6.45) is -0.0521. The van der Waals surface area contributed by atoms with E-state index in [1.165, 1.54) is 36.4 Å². The number of aromatic nitrogens is 1. The van der Waals surface area contributed by atoms with Gasteiger partial charge in [0.25, 0.3) is 11.6 Å². The third kappa shape index (κ3) is 6.67. The van der Waals surface area contributed by atoms with Crippen LogP contribution in [0.15, 0.2) is 52.4 Å². The number of carbonyl (C=O) groups is 1. The number of nitrogens with zero attached hydrogens (tertiary/aromatic N) is 6. The molecule has 198 valence electrons. The quantitative estimate of drug-likeness (QED) is 0.186. The fourth-order valence-corrected chi connectivity index (χ4v) is 6.08. The van der Waals surface area contributed by atoms with Crippen LogP contribution < -0.4 is 4.80 Å². The summed E-state index contributed by atoms with van der Waals surface area (Å²) in [5, 5.41) is 28.9. The molecule has 2 aromatic carbocycles. The van der Waals surface area contributed by atoms with Gasteiger partial charge in [-0.2, -0.15) is 19.8 Å². The van der Waals surface area contributed by atoms with Crippen LogP contribution in [0.3, 0.4) is 0 Å². The van der Waals surface area contributed by atoms with Crippen molar-refractivity contribution < 1.29 is 22.9 Å². The molecule has 0 radical (unpaired) electrons. The summed E-state index contributed by atoms with van der Waals surface area (Å²) in [4.78, 5) is 28.1. The van der Waals surface area contributed by atoms with Gasteiger partial charge in [-0.3, -0.25) is 14.9 Å². The summed E-state index contributed by atoms with van der Waals surface area (Å²) >= 11 is 1.12. The van der Waals surface area contributed by atoms with Gasteiger partial charge in [0.1, 0.15) is 0 Å². The molecule has 0 unspecified atom stereocenters. The number of hydrogen-bond acceptors (Lipinski definition) is 9. The van der Waals surface area contributed by atoms with Gasteiger partial charge in [-0.05, 0) is 37.3 Å². The molecule has 0 atom stereocenters. The van der Waals surface area contributed by atoms with Crippen LogP contribution in [0, 0.1) is 32.8 Å². The summed E-state index contributed by atoms with van der Waals surface area (Å²) in [5.74, 6) is -0.619. The monoisotopic (exact) mass is 556 g/mol. The van der Waals surface area contributed by atoms with Gasteiger partial charge in [0.05, 0.1) is 38.8 Å². The maximum Gasteiger partial charge on any atom is 0.279 e. The van der Waals surface area contributed by atoms with Crippen molar-refractivity contribution in [3.63, 3.8) is 0 Å². The second-order valence-corrected chi connectivity index (χ2v) is 10.8. The normalized spacial score (nSPS) is 11.9. The van der Waals surface area contributed by atoms with Crippen molar-refractivity contribution in [2.75, 3.05) is 26.3 Å². The number of nitro groups is 1. The van der Waals surface area contributed by atoms with Gasteiger partial charge >= 0.3 is 0 Å². The summed E-state index contributed by atoms with van der Waals surface area (Å²) < 4.78 is 34.8. The summed E-state index contributed by atoms with van der Waals surface area (Å²) in [6.45, 7) is 2.96. The molecule has 0 saturated heterocycles. The minimum absolute atomic E-state index is 0.0261. The molecule has 0 aliphatic rings. The van der Waals surface area contributed by atoms with Gasteiger partial charge in [0.2, 0.25) is 10.0 Å². The minimum atomic E-state index is -3.98. The topological polar surface area (TPSA) is 172 Å². The first kappa shape index (κ1) is 28.6. The highest BCUT2D eigenvalue weighted by Gasteiger charge is 2.24. The van der Waals surface area contributed by atoms with Crippen LogP contribution in [0.2, 0.25) is 0 Å². The van der Waals surface area contributed by atoms with Crippen molar-refractivity contribution in [3.05, 3.63) is 62.9 Å². The van der Waals surface area contributed by atoms with Crippen molar-refractivity contribution in [1.29, 1.82) is 10.5 Å². The zero-order valence-electron chi connectivity index (χ0n) is 20.4. The van der Waals surface area contributed by atoms with Crippen molar-refractivity contribution in [3.8, 4) is 12.1 Å². The number of ether oxygens (including phenoxy) is 1. The average Bonchev–Trinajstić information content (AvgIpc) is 3.24. The predicted octanol–water partition coefficient (Wildman–Crippen LogP) is 3.21. The number of carbonyl (C=O) groups excluding carboxylic acids is 1. The molecule has 14 heteroatoms. The van der Waals surface area contributed by atoms with Crippen LogP contribution in [0.25, 0.3) is 10.2 Å². The highest BCUT2D eigenvalue weighted by atomic mass is 32.2. The largest absolute Gasteiger partial charge is 0.380 e. The summed E-state index contributed by atoms with van der Waals surface area (Å²) in [5.41, 5.74) is 0.733. The smallest absolute Gasteiger partial charge is 0.279 e. The number of thiazole rings is 1. The number of non-ortho nitro benzene ring substituents is 1. The maximum atomic E-state index is 13.0. The Morgan fingerprint density at radius 2 is 1.82 bits per heavy atom. The molecule has 1 amide bonds. The van der Waals surface area contributed by atoms with Crippen molar-refractivity contribution in [2.45, 2.75) is 31.2 Å². The van der Waals surface area contributed by atoms with Crippen LogP contribution in [-0.4, -0.2) is 54.4 Å². The van der Waals surface area contributed by atoms with E-state index in [9.17, 15) is 23.3 Å². The Balaban J connectivity index is 1.95. The standard InChI is InChI=1S/C24H24N6O6S2/c1-2-36-16-15-29-21-10-7-19(30(32)33)17-22(21)37-24(29)27-23(31)18-5-8-20(9-6-18)38(34,35)28(13-3-11-25)14-4-12-26/h5-10,17H,2-4,13-16H2,1H3. The lowest BCUT2D eigenvalue weighted by Gasteiger charge is -2.20. The lowest BCUT2D eigenvalue weighted by molar-refractivity contribution is -0.384. The van der Waals surface area contributed by atoms with Crippen LogP contribution in [-0.2, 0) is 21.3 Å². The molecule has 1 aromatic heterocycles. The zero-order valence-corrected chi connectivity index (χ0v) is 22.1. The Morgan fingerprint density at radius 3 is 2.39 bits per heavy atom. The van der Waals surface area contributed by atoms with E-state index in [2.05, 4.69) is 4.99 Å². The molecule has 0 aliphatic heterocycles. The molecule has 0 spiro atoms. The Labute approximate surface area is 222 Å². The number of nitriles is 2. The number of hydrogen-bond donors (Lipinski definition) is 0. The number of fused-ring (bicyclic) bond motifs is 1. The Bertz CT molecular complexity index is 1560. The molecule has 0 fully saturated rings. The predicted molar refractivity (Wildman–Crippen MR) is 139 cm³/mol. The number of amides is 1. The second kappa shape index (κ2) is 13.0. The third-order valence-corrected chi connectivity index (χ3v) is 8.38. The molecule has 0 saturated carbocycles. The zero-order chi connectivity index (χ0) is 27.7. The van der Waals surface area contributed by atoms with Crippen LogP contribution in [0.4, 0.5) is 5.69 Å². The molecule has 0 bridgehead atoms. The van der Waals surface area contributed by atoms with Crippen LogP contribution >= 0.6 is 11.3 Å². The van der Waals surface area contributed by atoms with Crippen molar-refractivity contribution >= 4 is 43.2 Å². The molecular formula is C24H24N6O6S2. The fourth-order valence-electron chi connectivity index (χ4n) is 3.55. The van der Waals surface area contributed by atoms with Gasteiger partial charge in [-0.15, -0.1) is 0 Å². The number of sulfonamides is 1. The Kier molecular flexibility index (Phi) is 9.81. The molecule has 0 aliphatic carbocycles. The van der Waals surface area contributed by atoms with Gasteiger partial charge in [0, 0.05) is 56.8 Å². The first-order valence-electron chi connectivity index (χ1n) is 11.5. The minimum Gasteiger partial charge on any atom is -0.380 e. The van der Waals surface area contributed by atoms with Gasteiger partial charge in [0.15, 0.2) is 4.80 Å². The lowest BCUT2D eigenvalue weighted by Crippen LogP contribution is -2.32. The van der Waals surface area contributed by atoms with Crippen molar-refractivity contribution in [2.24, 2.45) is 4.99 Å². The molecular weight excluding hydrogens is 532 g/mol. The van der Waals surface area contributed by atoms with Gasteiger partial charge in [-0.25, -0.2) is 8.42 Å². The molecule has 38 heavy (non-hydrogen) atoms. The molecule has 3 rings (SSSR count). The fraction of sp³-hybridized carbons (Fsp3) is 0.333. The molecule has 0 N–H and O–H groups in total. The van der Waals surface area contributed by atoms with Crippen LogP contribution in [0.1, 0.15) is 30.1 Å². The van der Waals surface area contributed by atoms with E-state index in [1.807, 2.05) is 19.1 Å². The van der Waals surface area contributed by atoms with Gasteiger partial charge < -0.3 is 9.30 Å². The summed E-state index contributed by atoms with van der Waals surface area (Å²) in [6, 6.07) is 13.4. The van der Waals surface area contributed by atoms with E-state index in [0.29, 0.717) is 34.8 Å². The average molecular weight is 557 g/mol. The highest BCUT2D eigenvalue weighted by Crippen LogP contribution is 2.23.